The van der Waals surface area contributed by atoms with Crippen LogP contribution in [0.2, 0.25) is 18.1 Å². The number of aryl methyl sites for hydroxylation is 1. The van der Waals surface area contributed by atoms with Crippen LogP contribution in [-0.4, -0.2) is 28.5 Å². The minimum atomic E-state index is -1.55. The van der Waals surface area contributed by atoms with Gasteiger partial charge in [0.15, 0.2) is 8.32 Å². The summed E-state index contributed by atoms with van der Waals surface area (Å²) in [5, 5.41) is 0.322. The number of rotatable bonds is 10. The van der Waals surface area contributed by atoms with Crippen molar-refractivity contribution in [2.45, 2.75) is 77.9 Å². The lowest BCUT2D eigenvalue weighted by molar-refractivity contribution is 0.277. The topological polar surface area (TPSA) is 12.5 Å². The van der Waals surface area contributed by atoms with Crippen LogP contribution in [0.3, 0.4) is 0 Å². The molecule has 0 aliphatic carbocycles. The number of hydrogen-bond acceptors (Lipinski definition) is 2. The van der Waals surface area contributed by atoms with Crippen LogP contribution in [0, 0.1) is 6.92 Å². The number of benzene rings is 1. The zero-order chi connectivity index (χ0) is 19.1. The minimum Gasteiger partial charge on any atom is -0.417 e. The fourth-order valence-electron chi connectivity index (χ4n) is 2.52. The van der Waals surface area contributed by atoms with Gasteiger partial charge in [0.1, 0.15) is 0 Å². The van der Waals surface area contributed by atoms with Gasteiger partial charge in [-0.3, -0.25) is 0 Å². The Labute approximate surface area is 165 Å². The van der Waals surface area contributed by atoms with E-state index < -0.39 is 8.32 Å². The third kappa shape index (κ3) is 7.84. The van der Waals surface area contributed by atoms with Crippen LogP contribution in [-0.2, 0) is 4.43 Å². The molecule has 0 N–H and O–H groups in total. The number of hydrogen-bond donors (Lipinski definition) is 0. The largest absolute Gasteiger partial charge is 0.417 e. The zero-order valence-corrected chi connectivity index (χ0v) is 20.0. The van der Waals surface area contributed by atoms with Gasteiger partial charge in [-0.2, -0.15) is 0 Å². The molecule has 0 radical (unpaired) electrons. The van der Waals surface area contributed by atoms with Crippen molar-refractivity contribution in [3.05, 3.63) is 28.2 Å². The zero-order valence-electron chi connectivity index (χ0n) is 17.4. The Morgan fingerprint density at radius 1 is 1.04 bits per heavy atom. The lowest BCUT2D eigenvalue weighted by Crippen LogP contribution is -2.40. The molecule has 25 heavy (non-hydrogen) atoms. The second-order valence-corrected chi connectivity index (χ2v) is 14.4. The Bertz CT molecular complexity index is 525. The van der Waals surface area contributed by atoms with Crippen molar-refractivity contribution in [1.82, 2.24) is 0 Å². The Balaban J connectivity index is 2.13. The van der Waals surface area contributed by atoms with Gasteiger partial charge >= 0.3 is 0 Å². The average molecular weight is 429 g/mol. The molecule has 0 atom stereocenters. The maximum Gasteiger partial charge on any atom is 0.191 e. The summed E-state index contributed by atoms with van der Waals surface area (Å²) in [5.74, 6) is 0. The number of nitrogens with zero attached hydrogens (tertiary/aromatic N) is 1. The van der Waals surface area contributed by atoms with Gasteiger partial charge in [0.2, 0.25) is 0 Å². The molecule has 0 aromatic heterocycles. The molecule has 0 aliphatic rings. The molecule has 1 rings (SSSR count). The first kappa shape index (κ1) is 22.7. The smallest absolute Gasteiger partial charge is 0.191 e. The van der Waals surface area contributed by atoms with E-state index >= 15 is 0 Å². The first-order valence-corrected chi connectivity index (χ1v) is 13.4. The first-order chi connectivity index (χ1) is 11.5. The van der Waals surface area contributed by atoms with Gasteiger partial charge in [0.05, 0.1) is 0 Å². The van der Waals surface area contributed by atoms with Crippen LogP contribution in [0.5, 0.6) is 0 Å². The monoisotopic (exact) mass is 427 g/mol. The Kier molecular flexibility index (Phi) is 9.20. The number of halogens is 1. The summed E-state index contributed by atoms with van der Waals surface area (Å²) >= 11 is 3.57. The van der Waals surface area contributed by atoms with Gasteiger partial charge in [0, 0.05) is 30.4 Å². The Morgan fingerprint density at radius 2 is 1.64 bits per heavy atom. The molecule has 0 fully saturated rings. The summed E-state index contributed by atoms with van der Waals surface area (Å²) in [5.41, 5.74) is 2.61. The van der Waals surface area contributed by atoms with E-state index in [4.69, 9.17) is 4.43 Å². The van der Waals surface area contributed by atoms with Gasteiger partial charge in [-0.05, 0) is 61.7 Å². The molecule has 0 saturated carbocycles. The van der Waals surface area contributed by atoms with Crippen LogP contribution in [0.25, 0.3) is 0 Å². The first-order valence-electron chi connectivity index (χ1n) is 9.66. The van der Waals surface area contributed by atoms with Crippen molar-refractivity contribution < 1.29 is 4.43 Å². The maximum atomic E-state index is 6.24. The molecule has 1 aromatic carbocycles. The lowest BCUT2D eigenvalue weighted by atomic mass is 10.1. The molecule has 0 bridgehead atoms. The van der Waals surface area contributed by atoms with Crippen molar-refractivity contribution in [3.63, 3.8) is 0 Å². The summed E-state index contributed by atoms with van der Waals surface area (Å²) in [6, 6.07) is 6.58. The SMILES string of the molecule is Cc1cc(N(C)CCCCCCCO[Si](C)(C)C(C)(C)C)ccc1Br. The summed E-state index contributed by atoms with van der Waals surface area (Å²) < 4.78 is 7.43. The van der Waals surface area contributed by atoms with E-state index in [0.717, 1.165) is 13.2 Å². The summed E-state index contributed by atoms with van der Waals surface area (Å²) in [7, 11) is 0.639. The molecule has 0 aliphatic heterocycles. The maximum absolute atomic E-state index is 6.24. The molecule has 0 spiro atoms. The van der Waals surface area contributed by atoms with Crippen molar-refractivity contribution in [2.24, 2.45) is 0 Å². The van der Waals surface area contributed by atoms with Crippen LogP contribution in [0.15, 0.2) is 22.7 Å². The van der Waals surface area contributed by atoms with Gasteiger partial charge < -0.3 is 9.33 Å². The van der Waals surface area contributed by atoms with E-state index in [1.807, 2.05) is 0 Å². The van der Waals surface area contributed by atoms with Crippen molar-refractivity contribution in [2.75, 3.05) is 25.1 Å². The highest BCUT2D eigenvalue weighted by Gasteiger charge is 2.36. The van der Waals surface area contributed by atoms with Crippen LogP contribution < -0.4 is 4.90 Å². The van der Waals surface area contributed by atoms with Crippen LogP contribution >= 0.6 is 15.9 Å². The minimum absolute atomic E-state index is 0.322. The molecular formula is C21H38BrNOSi. The van der Waals surface area contributed by atoms with Crippen LogP contribution in [0.4, 0.5) is 5.69 Å². The molecule has 0 saturated heterocycles. The van der Waals surface area contributed by atoms with E-state index in [1.165, 1.54) is 47.8 Å². The summed E-state index contributed by atoms with van der Waals surface area (Å²) in [6.07, 6.45) is 6.37. The fourth-order valence-corrected chi connectivity index (χ4v) is 3.85. The normalized spacial score (nSPS) is 12.5. The molecular weight excluding hydrogens is 390 g/mol. The molecule has 0 unspecified atom stereocenters. The standard InChI is InChI=1S/C21H38BrNOSi/c1-18-17-19(13-14-20(18)22)23(5)15-11-9-8-10-12-16-24-25(6,7)21(2,3)4/h13-14,17H,8-12,15-16H2,1-7H3. The molecule has 2 nitrogen and oxygen atoms in total. The van der Waals surface area contributed by atoms with Gasteiger partial charge in [-0.1, -0.05) is 56.0 Å². The van der Waals surface area contributed by atoms with Crippen molar-refractivity contribution in [1.29, 1.82) is 0 Å². The second-order valence-electron chi connectivity index (χ2n) is 8.73. The van der Waals surface area contributed by atoms with Gasteiger partial charge in [0.25, 0.3) is 0 Å². The molecule has 0 heterocycles. The highest BCUT2D eigenvalue weighted by Crippen LogP contribution is 2.36. The highest BCUT2D eigenvalue weighted by atomic mass is 79.9. The van der Waals surface area contributed by atoms with Crippen molar-refractivity contribution >= 4 is 29.9 Å². The molecule has 4 heteroatoms. The molecule has 1 aromatic rings. The number of anilines is 1. The lowest BCUT2D eigenvalue weighted by Gasteiger charge is -2.36. The van der Waals surface area contributed by atoms with Crippen molar-refractivity contribution in [3.8, 4) is 0 Å². The van der Waals surface area contributed by atoms with Gasteiger partial charge in [-0.15, -0.1) is 0 Å². The average Bonchev–Trinajstić information content (AvgIpc) is 2.51. The number of unbranched alkanes of at least 4 members (excludes halogenated alkanes) is 4. The Morgan fingerprint density at radius 3 is 2.24 bits per heavy atom. The predicted octanol–water partition coefficient (Wildman–Crippen LogP) is 7.17. The third-order valence-electron chi connectivity index (χ3n) is 5.49. The summed E-state index contributed by atoms with van der Waals surface area (Å²) in [6.45, 7) is 15.8. The summed E-state index contributed by atoms with van der Waals surface area (Å²) in [4.78, 5) is 2.36. The van der Waals surface area contributed by atoms with Crippen LogP contribution in [0.1, 0.15) is 58.4 Å². The highest BCUT2D eigenvalue weighted by molar-refractivity contribution is 9.10. The van der Waals surface area contributed by atoms with Gasteiger partial charge in [-0.25, -0.2) is 0 Å². The Hall–Kier alpha value is -0.323. The second kappa shape index (κ2) is 10.1. The molecule has 144 valence electrons. The van der Waals surface area contributed by atoms with E-state index in [-0.39, 0.29) is 0 Å². The van der Waals surface area contributed by atoms with E-state index in [0.29, 0.717) is 5.04 Å². The van der Waals surface area contributed by atoms with E-state index in [2.05, 4.69) is 86.9 Å². The van der Waals surface area contributed by atoms with E-state index in [9.17, 15) is 0 Å². The third-order valence-corrected chi connectivity index (χ3v) is 10.9. The quantitative estimate of drug-likeness (QED) is 0.289. The van der Waals surface area contributed by atoms with E-state index in [1.54, 1.807) is 0 Å². The fraction of sp³-hybridized carbons (Fsp3) is 0.714. The predicted molar refractivity (Wildman–Crippen MR) is 118 cm³/mol. The molecule has 0 amide bonds.